The fourth-order valence-corrected chi connectivity index (χ4v) is 16.4. The summed E-state index contributed by atoms with van der Waals surface area (Å²) in [5.41, 5.74) is 28.3. The molecule has 0 spiro atoms. The minimum atomic E-state index is -0.0515. The number of benzene rings is 7. The van der Waals surface area contributed by atoms with Gasteiger partial charge in [0.05, 0.1) is 11.4 Å². The van der Waals surface area contributed by atoms with E-state index in [4.69, 9.17) is 4.42 Å². The minimum absolute atomic E-state index is 0.0202. The van der Waals surface area contributed by atoms with E-state index in [1.54, 1.807) is 0 Å². The summed E-state index contributed by atoms with van der Waals surface area (Å²) in [6.07, 6.45) is 13.3. The van der Waals surface area contributed by atoms with Gasteiger partial charge in [-0.1, -0.05) is 184 Å². The molecule has 80 heavy (non-hydrogen) atoms. The van der Waals surface area contributed by atoms with E-state index in [1.165, 1.54) is 175 Å². The highest BCUT2D eigenvalue weighted by Crippen LogP contribution is 2.56. The number of hydrogen-bond acceptors (Lipinski definition) is 3. The minimum Gasteiger partial charge on any atom is -0.454 e. The summed E-state index contributed by atoms with van der Waals surface area (Å²) in [5.74, 6) is 0.471. The van der Waals surface area contributed by atoms with Gasteiger partial charge in [0.2, 0.25) is 0 Å². The van der Waals surface area contributed by atoms with Crippen LogP contribution in [0.3, 0.4) is 0 Å². The van der Waals surface area contributed by atoms with Crippen molar-refractivity contribution in [1.29, 1.82) is 0 Å². The van der Waals surface area contributed by atoms with Gasteiger partial charge in [0.15, 0.2) is 5.58 Å². The second-order valence-electron chi connectivity index (χ2n) is 31.1. The summed E-state index contributed by atoms with van der Waals surface area (Å²) in [7, 11) is 0. The molecular formula is C76H87BN2O. The molecule has 8 aromatic rings. The summed E-state index contributed by atoms with van der Waals surface area (Å²) in [5, 5.41) is 2.43. The Kier molecular flexibility index (Phi) is 11.3. The van der Waals surface area contributed by atoms with Gasteiger partial charge in [-0.2, -0.15) is 0 Å². The lowest BCUT2D eigenvalue weighted by atomic mass is 9.33. The van der Waals surface area contributed by atoms with E-state index in [0.29, 0.717) is 5.92 Å². The first-order chi connectivity index (χ1) is 37.7. The number of furan rings is 1. The highest BCUT2D eigenvalue weighted by molar-refractivity contribution is 7.00. The maximum atomic E-state index is 7.72. The fourth-order valence-electron chi connectivity index (χ4n) is 16.4. The van der Waals surface area contributed by atoms with Crippen molar-refractivity contribution in [3.05, 3.63) is 160 Å². The summed E-state index contributed by atoms with van der Waals surface area (Å²) < 4.78 is 7.72. The highest BCUT2D eigenvalue weighted by Gasteiger charge is 2.49. The van der Waals surface area contributed by atoms with E-state index >= 15 is 0 Å². The molecule has 1 aromatic heterocycles. The first kappa shape index (κ1) is 52.1. The lowest BCUT2D eigenvalue weighted by molar-refractivity contribution is 0.332. The van der Waals surface area contributed by atoms with Crippen molar-refractivity contribution in [2.45, 2.75) is 218 Å². The van der Waals surface area contributed by atoms with Crippen LogP contribution in [0.4, 0.5) is 34.1 Å². The Balaban J connectivity index is 1.15. The van der Waals surface area contributed by atoms with Crippen molar-refractivity contribution in [2.75, 3.05) is 9.80 Å². The number of hydrogen-bond donors (Lipinski definition) is 0. The van der Waals surface area contributed by atoms with E-state index in [-0.39, 0.29) is 44.6 Å². The largest absolute Gasteiger partial charge is 0.454 e. The molecule has 4 heteroatoms. The van der Waals surface area contributed by atoms with Gasteiger partial charge >= 0.3 is 0 Å². The SMILES string of the molecule is CC(C)(C)c1ccc(N2c3cc(C4CCCCC4)cc4c3B(c3cc5c(cc3N4c3ccc4c(c3)C(C)(C)CCC4(C)C)C(C)(C)CCC5(C)C)c3ccc4c(oc5cc6c(cc54)C(C)(C)CCC6(C)C)c32)c(-c2ccccc2)c1. The van der Waals surface area contributed by atoms with Crippen molar-refractivity contribution in [2.24, 2.45) is 0 Å². The van der Waals surface area contributed by atoms with Crippen molar-refractivity contribution in [3.63, 3.8) is 0 Å². The predicted molar refractivity (Wildman–Crippen MR) is 344 cm³/mol. The lowest BCUT2D eigenvalue weighted by Gasteiger charge is -2.48. The third kappa shape index (κ3) is 7.78. The monoisotopic (exact) mass is 1050 g/mol. The molecule has 6 aliphatic rings. The first-order valence-corrected chi connectivity index (χ1v) is 31.1. The number of rotatable bonds is 4. The summed E-state index contributed by atoms with van der Waals surface area (Å²) in [6.45, 7) is 36.8. The molecule has 14 rings (SSSR count). The van der Waals surface area contributed by atoms with E-state index in [9.17, 15) is 0 Å². The van der Waals surface area contributed by atoms with Crippen molar-refractivity contribution in [1.82, 2.24) is 0 Å². The van der Waals surface area contributed by atoms with E-state index < -0.39 is 0 Å². The molecule has 0 saturated heterocycles. The summed E-state index contributed by atoms with van der Waals surface area (Å²) in [4.78, 5) is 5.52. The third-order valence-corrected chi connectivity index (χ3v) is 22.0. The molecule has 3 heterocycles. The van der Waals surface area contributed by atoms with Gasteiger partial charge in [0.1, 0.15) is 5.58 Å². The zero-order valence-corrected chi connectivity index (χ0v) is 51.2. The molecule has 2 aliphatic heterocycles. The molecule has 1 saturated carbocycles. The van der Waals surface area contributed by atoms with Gasteiger partial charge in [-0.05, 0) is 216 Å². The van der Waals surface area contributed by atoms with E-state index in [0.717, 1.165) is 24.0 Å². The Morgan fingerprint density at radius 2 is 1.02 bits per heavy atom. The van der Waals surface area contributed by atoms with Gasteiger partial charge in [-0.3, -0.25) is 0 Å². The van der Waals surface area contributed by atoms with Gasteiger partial charge in [-0.25, -0.2) is 0 Å². The Labute approximate surface area is 480 Å². The van der Waals surface area contributed by atoms with Gasteiger partial charge in [0.25, 0.3) is 6.71 Å². The smallest absolute Gasteiger partial charge is 0.252 e. The van der Waals surface area contributed by atoms with Crippen LogP contribution in [0.1, 0.15) is 225 Å². The van der Waals surface area contributed by atoms with Crippen molar-refractivity contribution >= 4 is 79.2 Å². The zero-order chi connectivity index (χ0) is 56.0. The van der Waals surface area contributed by atoms with Crippen LogP contribution in [-0.4, -0.2) is 6.71 Å². The quantitative estimate of drug-likeness (QED) is 0.164. The van der Waals surface area contributed by atoms with Gasteiger partial charge in [0, 0.05) is 39.1 Å². The molecule has 0 amide bonds. The second kappa shape index (κ2) is 17.3. The van der Waals surface area contributed by atoms with Crippen molar-refractivity contribution < 1.29 is 4.42 Å². The fraction of sp³-hybridized carbons (Fsp3) is 0.447. The number of anilines is 6. The van der Waals surface area contributed by atoms with Crippen LogP contribution < -0.4 is 26.2 Å². The molecule has 0 unspecified atom stereocenters. The number of nitrogens with zero attached hydrogens (tertiary/aromatic N) is 2. The second-order valence-corrected chi connectivity index (χ2v) is 31.1. The predicted octanol–water partition coefficient (Wildman–Crippen LogP) is 19.7. The van der Waals surface area contributed by atoms with E-state index in [2.05, 4.69) is 229 Å². The highest BCUT2D eigenvalue weighted by atomic mass is 16.3. The normalized spacial score (nSPS) is 20.9. The van der Waals surface area contributed by atoms with Crippen LogP contribution in [0.25, 0.3) is 33.1 Å². The number of fused-ring (bicyclic) bond motifs is 11. The van der Waals surface area contributed by atoms with E-state index in [1.807, 2.05) is 0 Å². The topological polar surface area (TPSA) is 19.6 Å². The molecule has 0 N–H and O–H groups in total. The Morgan fingerprint density at radius 3 is 1.65 bits per heavy atom. The summed E-state index contributed by atoms with van der Waals surface area (Å²) in [6, 6.07) is 47.2. The zero-order valence-electron chi connectivity index (χ0n) is 51.2. The molecule has 7 aromatic carbocycles. The lowest BCUT2D eigenvalue weighted by Crippen LogP contribution is -2.62. The van der Waals surface area contributed by atoms with Crippen LogP contribution in [0.15, 0.2) is 120 Å². The maximum absolute atomic E-state index is 7.72. The first-order valence-electron chi connectivity index (χ1n) is 31.1. The molecular weight excluding hydrogens is 968 g/mol. The van der Waals surface area contributed by atoms with Crippen LogP contribution in [0, 0.1) is 0 Å². The molecule has 0 radical (unpaired) electrons. The third-order valence-electron chi connectivity index (χ3n) is 22.0. The summed E-state index contributed by atoms with van der Waals surface area (Å²) >= 11 is 0. The Bertz CT molecular complexity index is 3880. The van der Waals surface area contributed by atoms with Crippen LogP contribution in [0.5, 0.6) is 0 Å². The van der Waals surface area contributed by atoms with Crippen molar-refractivity contribution in [3.8, 4) is 11.1 Å². The Morgan fingerprint density at radius 1 is 0.463 bits per heavy atom. The molecule has 0 atom stereocenters. The standard InChI is InChI=1S/C76H87BN2O/c1-70(2,3)49-26-31-62(52(40-49)47-24-20-17-21-25-47)79-65-39-48(46-22-18-16-19-23-46)38-64-67(65)77(60-30-28-51-53-42-56-59(45-66(53)80-69(51)68(60)79)76(14,15)37-34-73(56,8)9)61-43-57-58(75(12,13)36-35-74(57,10)11)44-63(61)78(64)50-27-29-54-55(41-50)72(6,7)33-32-71(54,4)5/h17,20-21,24-31,38-46H,16,18-19,22-23,32-37H2,1-15H3. The molecule has 1 fully saturated rings. The molecule has 410 valence electrons. The average molecular weight is 1060 g/mol. The molecule has 0 bridgehead atoms. The van der Waals surface area contributed by atoms with Crippen LogP contribution in [-0.2, 0) is 37.9 Å². The maximum Gasteiger partial charge on any atom is 0.252 e. The average Bonchev–Trinajstić information content (AvgIpc) is 3.59. The van der Waals surface area contributed by atoms with Crippen LogP contribution >= 0.6 is 0 Å². The molecule has 3 nitrogen and oxygen atoms in total. The van der Waals surface area contributed by atoms with Gasteiger partial charge in [-0.15, -0.1) is 0 Å². The van der Waals surface area contributed by atoms with Crippen LogP contribution in [0.2, 0.25) is 0 Å². The Hall–Kier alpha value is -6.00. The molecule has 4 aliphatic carbocycles. The van der Waals surface area contributed by atoms with Gasteiger partial charge < -0.3 is 14.2 Å².